The molecule has 1 aliphatic rings. The molecule has 2 heteroatoms. The van der Waals surface area contributed by atoms with E-state index in [1.54, 1.807) is 0 Å². The lowest BCUT2D eigenvalue weighted by atomic mass is 9.67. The molecule has 0 spiro atoms. The van der Waals surface area contributed by atoms with Crippen LogP contribution >= 0.6 is 0 Å². The molecule has 0 N–H and O–H groups in total. The van der Waals surface area contributed by atoms with Gasteiger partial charge < -0.3 is 9.47 Å². The molecule has 0 aliphatic heterocycles. The molecule has 10 aromatic rings. The van der Waals surface area contributed by atoms with Gasteiger partial charge in [0.05, 0.1) is 22.1 Å². The van der Waals surface area contributed by atoms with Gasteiger partial charge >= 0.3 is 0 Å². The zero-order valence-electron chi connectivity index (χ0n) is 31.3. The van der Waals surface area contributed by atoms with Crippen LogP contribution in [-0.4, -0.2) is 4.57 Å². The summed E-state index contributed by atoms with van der Waals surface area (Å²) < 4.78 is 2.39. The van der Waals surface area contributed by atoms with Gasteiger partial charge in [0.15, 0.2) is 0 Å². The van der Waals surface area contributed by atoms with Crippen LogP contribution in [0.1, 0.15) is 22.3 Å². The second-order valence-electron chi connectivity index (χ2n) is 14.8. The van der Waals surface area contributed by atoms with Gasteiger partial charge in [-0.25, -0.2) is 0 Å². The smallest absolute Gasteiger partial charge is 0.0713 e. The van der Waals surface area contributed by atoms with Crippen LogP contribution in [0.2, 0.25) is 0 Å². The van der Waals surface area contributed by atoms with Crippen LogP contribution in [0.5, 0.6) is 0 Å². The number of fused-ring (bicyclic) bond motifs is 6. The average molecular weight is 727 g/mol. The number of benzene rings is 9. The summed E-state index contributed by atoms with van der Waals surface area (Å²) in [6.45, 7) is 0. The maximum atomic E-state index is 2.41. The third-order valence-corrected chi connectivity index (χ3v) is 11.9. The van der Waals surface area contributed by atoms with Gasteiger partial charge in [-0.2, -0.15) is 0 Å². The van der Waals surface area contributed by atoms with E-state index >= 15 is 0 Å². The van der Waals surface area contributed by atoms with Gasteiger partial charge in [0.25, 0.3) is 0 Å². The van der Waals surface area contributed by atoms with Crippen molar-refractivity contribution in [1.82, 2.24) is 4.57 Å². The van der Waals surface area contributed by atoms with E-state index in [9.17, 15) is 0 Å². The number of rotatable bonds is 7. The van der Waals surface area contributed by atoms with E-state index in [2.05, 4.69) is 240 Å². The standard InChI is InChI=1S/C55H38N2/c1-5-19-40(20-6-1)55(41-21-7-2-8-22-41)48-30-15-13-27-46(48)53-45(29-17-31-49(53)55)39-35-37-44(38-36-39)56(42-23-9-3-10-24-42)51-33-18-34-52-54(51)47-28-14-16-32-50(47)57(52)43-25-11-4-12-26-43/h1-38H. The fraction of sp³-hybridized carbons (Fsp3) is 0.0182. The topological polar surface area (TPSA) is 8.17 Å². The zero-order chi connectivity index (χ0) is 37.8. The van der Waals surface area contributed by atoms with Crippen molar-refractivity contribution in [3.63, 3.8) is 0 Å². The Balaban J connectivity index is 1.10. The lowest BCUT2D eigenvalue weighted by molar-refractivity contribution is 0.768. The molecule has 11 rings (SSSR count). The van der Waals surface area contributed by atoms with Crippen LogP contribution in [0, 0.1) is 0 Å². The summed E-state index contributed by atoms with van der Waals surface area (Å²) in [6.07, 6.45) is 0. The Kier molecular flexibility index (Phi) is 7.75. The second kappa shape index (κ2) is 13.4. The van der Waals surface area contributed by atoms with Crippen LogP contribution in [-0.2, 0) is 5.41 Å². The molecule has 1 aliphatic carbocycles. The van der Waals surface area contributed by atoms with Gasteiger partial charge in [-0.1, -0.05) is 176 Å². The molecule has 0 amide bonds. The molecule has 0 unspecified atom stereocenters. The molecule has 268 valence electrons. The van der Waals surface area contributed by atoms with E-state index < -0.39 is 5.41 Å². The van der Waals surface area contributed by atoms with E-state index in [-0.39, 0.29) is 0 Å². The van der Waals surface area contributed by atoms with Crippen molar-refractivity contribution < 1.29 is 0 Å². The summed E-state index contributed by atoms with van der Waals surface area (Å²) in [5, 5.41) is 2.45. The van der Waals surface area contributed by atoms with Crippen molar-refractivity contribution in [3.05, 3.63) is 253 Å². The number of hydrogen-bond acceptors (Lipinski definition) is 1. The van der Waals surface area contributed by atoms with Gasteiger partial charge in [-0.05, 0) is 99.1 Å². The minimum atomic E-state index is -0.438. The second-order valence-corrected chi connectivity index (χ2v) is 14.8. The van der Waals surface area contributed by atoms with Gasteiger partial charge in [0.1, 0.15) is 0 Å². The highest BCUT2D eigenvalue weighted by atomic mass is 15.1. The molecular weight excluding hydrogens is 689 g/mol. The molecule has 9 aromatic carbocycles. The number of hydrogen-bond donors (Lipinski definition) is 0. The van der Waals surface area contributed by atoms with Crippen molar-refractivity contribution in [2.24, 2.45) is 0 Å². The average Bonchev–Trinajstić information content (AvgIpc) is 3.80. The number of nitrogens with zero attached hydrogens (tertiary/aromatic N) is 2. The first-order valence-corrected chi connectivity index (χ1v) is 19.7. The summed E-state index contributed by atoms with van der Waals surface area (Å²) in [7, 11) is 0. The highest BCUT2D eigenvalue weighted by Crippen LogP contribution is 2.58. The first-order chi connectivity index (χ1) is 28.3. The summed E-state index contributed by atoms with van der Waals surface area (Å²) in [5.74, 6) is 0. The van der Waals surface area contributed by atoms with E-state index in [4.69, 9.17) is 0 Å². The Morgan fingerprint density at radius 2 is 0.895 bits per heavy atom. The first kappa shape index (κ1) is 33.0. The molecule has 0 saturated carbocycles. The fourth-order valence-corrected chi connectivity index (χ4v) is 9.57. The summed E-state index contributed by atoms with van der Waals surface area (Å²) in [4.78, 5) is 2.41. The Morgan fingerprint density at radius 3 is 1.61 bits per heavy atom. The van der Waals surface area contributed by atoms with Crippen LogP contribution in [0.15, 0.2) is 231 Å². The molecule has 0 fully saturated rings. The molecule has 1 heterocycles. The molecular formula is C55H38N2. The lowest BCUT2D eigenvalue weighted by Crippen LogP contribution is -2.28. The normalized spacial score (nSPS) is 12.7. The SMILES string of the molecule is c1ccc(N(c2ccc(-c3cccc4c3-c3ccccc3C4(c3ccccc3)c3ccccc3)cc2)c2cccc3c2c2ccccc2n3-c2ccccc2)cc1. The predicted octanol–water partition coefficient (Wildman–Crippen LogP) is 14.3. The van der Waals surface area contributed by atoms with Crippen molar-refractivity contribution in [3.8, 4) is 27.9 Å². The Bertz CT molecular complexity index is 3000. The van der Waals surface area contributed by atoms with E-state index in [1.165, 1.54) is 66.3 Å². The Labute approximate surface area is 333 Å². The molecule has 1 aromatic heterocycles. The van der Waals surface area contributed by atoms with E-state index in [0.29, 0.717) is 0 Å². The maximum absolute atomic E-state index is 2.41. The van der Waals surface area contributed by atoms with Gasteiger partial charge in [-0.3, -0.25) is 0 Å². The molecule has 0 saturated heterocycles. The van der Waals surface area contributed by atoms with Gasteiger partial charge in [0.2, 0.25) is 0 Å². The number of para-hydroxylation sites is 3. The van der Waals surface area contributed by atoms with E-state index in [1.807, 2.05) is 0 Å². The quantitative estimate of drug-likeness (QED) is 0.159. The van der Waals surface area contributed by atoms with Gasteiger partial charge in [0, 0.05) is 27.8 Å². The molecule has 0 bridgehead atoms. The molecule has 0 radical (unpaired) electrons. The third kappa shape index (κ3) is 5.04. The maximum Gasteiger partial charge on any atom is 0.0713 e. The zero-order valence-corrected chi connectivity index (χ0v) is 31.3. The van der Waals surface area contributed by atoms with Crippen molar-refractivity contribution in [1.29, 1.82) is 0 Å². The monoisotopic (exact) mass is 726 g/mol. The fourth-order valence-electron chi connectivity index (χ4n) is 9.57. The van der Waals surface area contributed by atoms with Crippen LogP contribution < -0.4 is 4.90 Å². The summed E-state index contributed by atoms with van der Waals surface area (Å²) in [5.41, 5.74) is 16.6. The van der Waals surface area contributed by atoms with Gasteiger partial charge in [-0.15, -0.1) is 0 Å². The predicted molar refractivity (Wildman–Crippen MR) is 238 cm³/mol. The van der Waals surface area contributed by atoms with E-state index in [0.717, 1.165) is 22.7 Å². The largest absolute Gasteiger partial charge is 0.310 e. The molecule has 2 nitrogen and oxygen atoms in total. The lowest BCUT2D eigenvalue weighted by Gasteiger charge is -2.34. The number of anilines is 3. The van der Waals surface area contributed by atoms with Crippen LogP contribution in [0.4, 0.5) is 17.1 Å². The Hall–Kier alpha value is -7.42. The minimum absolute atomic E-state index is 0.438. The highest BCUT2D eigenvalue weighted by molar-refractivity contribution is 6.16. The number of aromatic nitrogens is 1. The van der Waals surface area contributed by atoms with Crippen molar-refractivity contribution in [2.45, 2.75) is 5.41 Å². The molecule has 0 atom stereocenters. The Morgan fingerprint density at radius 1 is 0.368 bits per heavy atom. The van der Waals surface area contributed by atoms with Crippen LogP contribution in [0.25, 0.3) is 49.7 Å². The summed E-state index contributed by atoms with van der Waals surface area (Å²) >= 11 is 0. The third-order valence-electron chi connectivity index (χ3n) is 11.9. The van der Waals surface area contributed by atoms with Crippen LogP contribution in [0.3, 0.4) is 0 Å². The summed E-state index contributed by atoms with van der Waals surface area (Å²) in [6, 6.07) is 84.0. The minimum Gasteiger partial charge on any atom is -0.310 e. The molecule has 57 heavy (non-hydrogen) atoms. The van der Waals surface area contributed by atoms with Crippen molar-refractivity contribution >= 4 is 38.9 Å². The van der Waals surface area contributed by atoms with Crippen molar-refractivity contribution in [2.75, 3.05) is 4.90 Å². The highest BCUT2D eigenvalue weighted by Gasteiger charge is 2.46. The first-order valence-electron chi connectivity index (χ1n) is 19.7.